The van der Waals surface area contributed by atoms with Crippen molar-refractivity contribution in [3.8, 4) is 5.00 Å². The second-order valence-electron chi connectivity index (χ2n) is 6.56. The van der Waals surface area contributed by atoms with E-state index in [2.05, 4.69) is 10.3 Å². The Bertz CT molecular complexity index is 989. The van der Waals surface area contributed by atoms with Gasteiger partial charge in [0.05, 0.1) is 24.3 Å². The number of amides is 1. The molecule has 8 heteroatoms. The monoisotopic (exact) mass is 415 g/mol. The molecule has 0 fully saturated rings. The number of thiazole rings is 1. The molecule has 0 saturated heterocycles. The van der Waals surface area contributed by atoms with Crippen molar-refractivity contribution in [2.75, 3.05) is 11.9 Å². The van der Waals surface area contributed by atoms with Crippen molar-refractivity contribution in [1.29, 1.82) is 0 Å². The zero-order valence-corrected chi connectivity index (χ0v) is 17.2. The number of nitrogens with zero attached hydrogens (tertiary/aromatic N) is 2. The van der Waals surface area contributed by atoms with Crippen molar-refractivity contribution >= 4 is 39.7 Å². The first kappa shape index (κ1) is 18.9. The van der Waals surface area contributed by atoms with E-state index in [1.165, 1.54) is 28.2 Å². The minimum Gasteiger partial charge on any atom is -0.466 e. The largest absolute Gasteiger partial charge is 0.466 e. The van der Waals surface area contributed by atoms with Crippen LogP contribution in [0, 0.1) is 0 Å². The summed E-state index contributed by atoms with van der Waals surface area (Å²) >= 11 is 3.02. The number of nitrogens with one attached hydrogen (secondary N) is 1. The number of carbonyl (C=O) groups excluding carboxylic acids is 2. The Morgan fingerprint density at radius 1 is 1.25 bits per heavy atom. The van der Waals surface area contributed by atoms with Crippen LogP contribution < -0.4 is 5.32 Å². The van der Waals surface area contributed by atoms with Crippen LogP contribution >= 0.6 is 22.7 Å². The lowest BCUT2D eigenvalue weighted by Gasteiger charge is -2.12. The Morgan fingerprint density at radius 3 is 2.82 bits per heavy atom. The molecule has 28 heavy (non-hydrogen) atoms. The fourth-order valence-corrected chi connectivity index (χ4v) is 5.46. The third-order valence-corrected chi connectivity index (χ3v) is 6.73. The molecule has 3 heterocycles. The van der Waals surface area contributed by atoms with E-state index >= 15 is 0 Å². The Balaban J connectivity index is 1.58. The number of hydrogen-bond donors (Lipinski definition) is 1. The molecule has 1 amide bonds. The zero-order valence-electron chi connectivity index (χ0n) is 15.6. The average Bonchev–Trinajstić information content (AvgIpc) is 3.41. The Hall–Kier alpha value is -2.45. The first-order valence-electron chi connectivity index (χ1n) is 9.35. The SMILES string of the molecule is CCOC(=O)Cc1csc(NC(=O)c2c(-n3cccc3)sc3c2CCCC3)n1. The van der Waals surface area contributed by atoms with Gasteiger partial charge in [0.25, 0.3) is 5.91 Å². The number of aryl methyl sites for hydroxylation is 1. The minimum atomic E-state index is -0.313. The van der Waals surface area contributed by atoms with Crippen LogP contribution in [-0.4, -0.2) is 28.0 Å². The number of hydrogen-bond acceptors (Lipinski definition) is 6. The molecular weight excluding hydrogens is 394 g/mol. The summed E-state index contributed by atoms with van der Waals surface area (Å²) in [5, 5.41) is 6.17. The van der Waals surface area contributed by atoms with Gasteiger partial charge in [0.15, 0.2) is 5.13 Å². The highest BCUT2D eigenvalue weighted by molar-refractivity contribution is 7.15. The topological polar surface area (TPSA) is 73.2 Å². The number of anilines is 1. The second-order valence-corrected chi connectivity index (χ2v) is 8.50. The van der Waals surface area contributed by atoms with E-state index in [4.69, 9.17) is 4.74 Å². The molecule has 0 unspecified atom stereocenters. The molecule has 0 aliphatic heterocycles. The summed E-state index contributed by atoms with van der Waals surface area (Å²) in [5.41, 5.74) is 2.52. The van der Waals surface area contributed by atoms with Gasteiger partial charge in [-0.1, -0.05) is 0 Å². The number of esters is 1. The van der Waals surface area contributed by atoms with Gasteiger partial charge in [-0.05, 0) is 50.3 Å². The van der Waals surface area contributed by atoms with Crippen molar-refractivity contribution in [2.45, 2.75) is 39.0 Å². The predicted octanol–water partition coefficient (Wildman–Crippen LogP) is 4.23. The van der Waals surface area contributed by atoms with E-state index in [0.717, 1.165) is 29.8 Å². The quantitative estimate of drug-likeness (QED) is 0.612. The highest BCUT2D eigenvalue weighted by Crippen LogP contribution is 2.37. The van der Waals surface area contributed by atoms with Crippen molar-refractivity contribution < 1.29 is 14.3 Å². The molecule has 146 valence electrons. The molecule has 3 aromatic rings. The molecule has 0 saturated carbocycles. The summed E-state index contributed by atoms with van der Waals surface area (Å²) in [4.78, 5) is 30.5. The minimum absolute atomic E-state index is 0.114. The molecular formula is C20H21N3O3S2. The van der Waals surface area contributed by atoms with Crippen molar-refractivity contribution in [3.63, 3.8) is 0 Å². The Morgan fingerprint density at radius 2 is 2.04 bits per heavy atom. The summed E-state index contributed by atoms with van der Waals surface area (Å²) < 4.78 is 6.96. The number of rotatable bonds is 6. The van der Waals surface area contributed by atoms with Crippen LogP contribution in [-0.2, 0) is 28.8 Å². The molecule has 0 atom stereocenters. The molecule has 0 spiro atoms. The van der Waals surface area contributed by atoms with E-state index in [0.29, 0.717) is 17.4 Å². The predicted molar refractivity (Wildman–Crippen MR) is 111 cm³/mol. The van der Waals surface area contributed by atoms with Gasteiger partial charge < -0.3 is 9.30 Å². The molecule has 3 aromatic heterocycles. The molecule has 1 aliphatic carbocycles. The van der Waals surface area contributed by atoms with Gasteiger partial charge in [0.1, 0.15) is 5.00 Å². The lowest BCUT2D eigenvalue weighted by Crippen LogP contribution is -2.16. The fraction of sp³-hybridized carbons (Fsp3) is 0.350. The number of ether oxygens (including phenoxy) is 1. The maximum absolute atomic E-state index is 13.2. The van der Waals surface area contributed by atoms with E-state index in [9.17, 15) is 9.59 Å². The molecule has 0 radical (unpaired) electrons. The van der Waals surface area contributed by atoms with Crippen molar-refractivity contribution in [1.82, 2.24) is 9.55 Å². The first-order valence-corrected chi connectivity index (χ1v) is 11.0. The Kier molecular flexibility index (Phi) is 5.59. The number of carbonyl (C=O) groups is 2. The van der Waals surface area contributed by atoms with E-state index in [1.807, 2.05) is 29.1 Å². The van der Waals surface area contributed by atoms with Crippen LogP contribution in [0.5, 0.6) is 0 Å². The second kappa shape index (κ2) is 8.28. The number of aromatic nitrogens is 2. The smallest absolute Gasteiger partial charge is 0.311 e. The van der Waals surface area contributed by atoms with E-state index in [-0.39, 0.29) is 18.3 Å². The maximum Gasteiger partial charge on any atom is 0.311 e. The van der Waals surface area contributed by atoms with Crippen LogP contribution in [0.4, 0.5) is 5.13 Å². The summed E-state index contributed by atoms with van der Waals surface area (Å²) in [6.45, 7) is 2.12. The van der Waals surface area contributed by atoms with Crippen LogP contribution in [0.1, 0.15) is 46.3 Å². The van der Waals surface area contributed by atoms with E-state index < -0.39 is 0 Å². The van der Waals surface area contributed by atoms with Gasteiger partial charge in [-0.25, -0.2) is 4.98 Å². The van der Waals surface area contributed by atoms with Crippen LogP contribution in [0.15, 0.2) is 29.9 Å². The summed E-state index contributed by atoms with van der Waals surface area (Å²) in [7, 11) is 0. The van der Waals surface area contributed by atoms with Crippen molar-refractivity contribution in [3.05, 3.63) is 51.6 Å². The van der Waals surface area contributed by atoms with Gasteiger partial charge in [0.2, 0.25) is 0 Å². The standard InChI is InChI=1S/C20H21N3O3S2/c1-2-26-16(24)11-13-12-27-20(21-13)22-18(25)17-14-7-3-4-8-15(14)28-19(17)23-9-5-6-10-23/h5-6,9-10,12H,2-4,7-8,11H2,1H3,(H,21,22,25). The van der Waals surface area contributed by atoms with E-state index in [1.54, 1.807) is 23.6 Å². The van der Waals surface area contributed by atoms with Gasteiger partial charge in [-0.2, -0.15) is 0 Å². The third kappa shape index (κ3) is 3.88. The summed E-state index contributed by atoms with van der Waals surface area (Å²) in [6, 6.07) is 3.92. The molecule has 4 rings (SSSR count). The molecule has 1 aliphatic rings. The van der Waals surface area contributed by atoms with Gasteiger partial charge in [-0.3, -0.25) is 14.9 Å². The molecule has 0 aromatic carbocycles. The number of fused-ring (bicyclic) bond motifs is 1. The average molecular weight is 416 g/mol. The van der Waals surface area contributed by atoms with Crippen molar-refractivity contribution in [2.24, 2.45) is 0 Å². The maximum atomic E-state index is 13.2. The third-order valence-electron chi connectivity index (χ3n) is 4.62. The van der Waals surface area contributed by atoms with Crippen LogP contribution in [0.25, 0.3) is 5.00 Å². The fourth-order valence-electron chi connectivity index (χ4n) is 3.40. The lowest BCUT2D eigenvalue weighted by atomic mass is 9.95. The highest BCUT2D eigenvalue weighted by Gasteiger charge is 2.26. The lowest BCUT2D eigenvalue weighted by molar-refractivity contribution is -0.142. The normalized spacial score (nSPS) is 13.2. The molecule has 0 bridgehead atoms. The van der Waals surface area contributed by atoms with Gasteiger partial charge >= 0.3 is 5.97 Å². The zero-order chi connectivity index (χ0) is 19.5. The molecule has 6 nitrogen and oxygen atoms in total. The first-order chi connectivity index (χ1) is 13.7. The van der Waals surface area contributed by atoms with Crippen LogP contribution in [0.3, 0.4) is 0 Å². The van der Waals surface area contributed by atoms with Crippen LogP contribution in [0.2, 0.25) is 0 Å². The number of thiophene rings is 1. The van der Waals surface area contributed by atoms with Gasteiger partial charge in [-0.15, -0.1) is 22.7 Å². The Labute approximate surface area is 171 Å². The summed E-state index contributed by atoms with van der Waals surface area (Å²) in [6.07, 6.45) is 8.29. The van der Waals surface area contributed by atoms with Gasteiger partial charge in [0, 0.05) is 22.7 Å². The highest BCUT2D eigenvalue weighted by atomic mass is 32.1. The summed E-state index contributed by atoms with van der Waals surface area (Å²) in [5.74, 6) is -0.451. The molecule has 1 N–H and O–H groups in total.